The van der Waals surface area contributed by atoms with Crippen LogP contribution >= 0.6 is 0 Å². The number of benzene rings is 1. The molecule has 0 bridgehead atoms. The van der Waals surface area contributed by atoms with Crippen LogP contribution < -0.4 is 15.4 Å². The van der Waals surface area contributed by atoms with Crippen molar-refractivity contribution < 1.29 is 22.7 Å². The van der Waals surface area contributed by atoms with Gasteiger partial charge in [0.1, 0.15) is 11.6 Å². The molecule has 1 aliphatic rings. The molecule has 0 spiro atoms. The van der Waals surface area contributed by atoms with Gasteiger partial charge in [0, 0.05) is 18.7 Å². The number of aryl methyl sites for hydroxylation is 1. The number of nitrogens with one attached hydrogen (secondary N) is 2. The molecule has 136 valence electrons. The van der Waals surface area contributed by atoms with Gasteiger partial charge in [0.2, 0.25) is 5.91 Å². The maximum Gasteiger partial charge on any atom is 0.262 e. The molecule has 26 heavy (non-hydrogen) atoms. The van der Waals surface area contributed by atoms with Crippen LogP contribution in [0.1, 0.15) is 12.0 Å². The summed E-state index contributed by atoms with van der Waals surface area (Å²) in [5, 5.41) is 5.15. The lowest BCUT2D eigenvalue weighted by Gasteiger charge is -2.18. The summed E-state index contributed by atoms with van der Waals surface area (Å²) in [7, 11) is -3.68. The first-order valence-electron chi connectivity index (χ1n) is 7.85. The van der Waals surface area contributed by atoms with Crippen molar-refractivity contribution in [2.24, 2.45) is 0 Å². The number of ether oxygens (including phenoxy) is 1. The third kappa shape index (κ3) is 4.17. The Morgan fingerprint density at radius 2 is 2.12 bits per heavy atom. The van der Waals surface area contributed by atoms with Gasteiger partial charge >= 0.3 is 0 Å². The highest BCUT2D eigenvalue weighted by Crippen LogP contribution is 2.30. The van der Waals surface area contributed by atoms with Crippen LogP contribution in [0.5, 0.6) is 5.75 Å². The molecule has 2 N–H and O–H groups in total. The Morgan fingerprint density at radius 3 is 2.85 bits per heavy atom. The van der Waals surface area contributed by atoms with Gasteiger partial charge < -0.3 is 15.4 Å². The molecule has 0 atom stereocenters. The molecule has 1 aliphatic heterocycles. The molecule has 2 heterocycles. The first-order chi connectivity index (χ1) is 12.3. The minimum atomic E-state index is -3.68. The van der Waals surface area contributed by atoms with E-state index in [0.29, 0.717) is 17.3 Å². The minimum absolute atomic E-state index is 0.0358. The zero-order valence-electron chi connectivity index (χ0n) is 14.0. The summed E-state index contributed by atoms with van der Waals surface area (Å²) in [6, 6.07) is 7.64. The van der Waals surface area contributed by atoms with E-state index in [1.807, 2.05) is 6.92 Å². The second-order valence-corrected chi connectivity index (χ2v) is 7.94. The van der Waals surface area contributed by atoms with Crippen molar-refractivity contribution in [3.8, 4) is 5.75 Å². The SMILES string of the molecule is Cc1ccc(NC(=O)CCS(=O)(=O)c2ccc3c(c2)OCC(=O)N3)nc1. The van der Waals surface area contributed by atoms with Gasteiger partial charge in [-0.2, -0.15) is 0 Å². The molecule has 1 aromatic heterocycles. The smallest absolute Gasteiger partial charge is 0.262 e. The summed E-state index contributed by atoms with van der Waals surface area (Å²) in [4.78, 5) is 27.3. The van der Waals surface area contributed by atoms with Crippen LogP contribution in [0.25, 0.3) is 0 Å². The van der Waals surface area contributed by atoms with Gasteiger partial charge in [0.15, 0.2) is 16.4 Å². The third-order valence-electron chi connectivity index (χ3n) is 3.72. The molecule has 0 aliphatic carbocycles. The largest absolute Gasteiger partial charge is 0.482 e. The van der Waals surface area contributed by atoms with E-state index < -0.39 is 15.7 Å². The van der Waals surface area contributed by atoms with Gasteiger partial charge in [-0.1, -0.05) is 6.07 Å². The number of hydrogen-bond acceptors (Lipinski definition) is 6. The van der Waals surface area contributed by atoms with Crippen LogP contribution in [0.2, 0.25) is 0 Å². The van der Waals surface area contributed by atoms with Crippen molar-refractivity contribution in [2.75, 3.05) is 23.0 Å². The zero-order valence-corrected chi connectivity index (χ0v) is 14.8. The third-order valence-corrected chi connectivity index (χ3v) is 5.44. The molecule has 9 heteroatoms. The first-order valence-corrected chi connectivity index (χ1v) is 9.51. The second-order valence-electron chi connectivity index (χ2n) is 5.83. The number of rotatable bonds is 5. The normalized spacial score (nSPS) is 13.3. The molecule has 8 nitrogen and oxygen atoms in total. The summed E-state index contributed by atoms with van der Waals surface area (Å²) < 4.78 is 30.1. The fourth-order valence-corrected chi connectivity index (χ4v) is 3.59. The number of carbonyl (C=O) groups is 2. The maximum absolute atomic E-state index is 12.4. The van der Waals surface area contributed by atoms with Gasteiger partial charge in [-0.15, -0.1) is 0 Å². The zero-order chi connectivity index (χ0) is 18.7. The fraction of sp³-hybridized carbons (Fsp3) is 0.235. The van der Waals surface area contributed by atoms with E-state index in [0.717, 1.165) is 5.56 Å². The Bertz CT molecular complexity index is 955. The molecule has 0 radical (unpaired) electrons. The predicted molar refractivity (Wildman–Crippen MR) is 94.8 cm³/mol. The van der Waals surface area contributed by atoms with Crippen molar-refractivity contribution >= 4 is 33.2 Å². The minimum Gasteiger partial charge on any atom is -0.482 e. The predicted octanol–water partition coefficient (Wildman–Crippen LogP) is 1.52. The van der Waals surface area contributed by atoms with E-state index in [9.17, 15) is 18.0 Å². The fourth-order valence-electron chi connectivity index (χ4n) is 2.34. The van der Waals surface area contributed by atoms with Crippen molar-refractivity contribution in [1.82, 2.24) is 4.98 Å². The molecule has 2 aromatic rings. The van der Waals surface area contributed by atoms with E-state index in [4.69, 9.17) is 4.74 Å². The highest BCUT2D eigenvalue weighted by Gasteiger charge is 2.22. The highest BCUT2D eigenvalue weighted by atomic mass is 32.2. The van der Waals surface area contributed by atoms with Crippen molar-refractivity contribution in [3.05, 3.63) is 42.1 Å². The van der Waals surface area contributed by atoms with Crippen LogP contribution in [0.4, 0.5) is 11.5 Å². The van der Waals surface area contributed by atoms with E-state index in [2.05, 4.69) is 15.6 Å². The van der Waals surface area contributed by atoms with Crippen molar-refractivity contribution in [2.45, 2.75) is 18.2 Å². The van der Waals surface area contributed by atoms with E-state index in [-0.39, 0.29) is 29.6 Å². The summed E-state index contributed by atoms with van der Waals surface area (Å²) in [6.07, 6.45) is 1.41. The quantitative estimate of drug-likeness (QED) is 0.819. The number of amides is 2. The first kappa shape index (κ1) is 17.9. The molecule has 0 saturated heterocycles. The number of hydrogen-bond donors (Lipinski definition) is 2. The monoisotopic (exact) mass is 375 g/mol. The Morgan fingerprint density at radius 1 is 1.31 bits per heavy atom. The Hall–Kier alpha value is -2.94. The molecule has 0 saturated carbocycles. The number of carbonyl (C=O) groups excluding carboxylic acids is 2. The van der Waals surface area contributed by atoms with Gasteiger partial charge in [0.25, 0.3) is 5.91 Å². The number of nitrogens with zero attached hydrogens (tertiary/aromatic N) is 1. The van der Waals surface area contributed by atoms with Gasteiger partial charge in [0.05, 0.1) is 16.3 Å². The molecule has 3 rings (SSSR count). The molecular weight excluding hydrogens is 358 g/mol. The molecular formula is C17H17N3O5S. The maximum atomic E-state index is 12.4. The van der Waals surface area contributed by atoms with Crippen LogP contribution in [0, 0.1) is 6.92 Å². The van der Waals surface area contributed by atoms with Gasteiger partial charge in [-0.25, -0.2) is 13.4 Å². The van der Waals surface area contributed by atoms with Crippen LogP contribution in [0.3, 0.4) is 0 Å². The Kier molecular flexibility index (Phi) is 4.90. The Balaban J connectivity index is 1.64. The number of anilines is 2. The van der Waals surface area contributed by atoms with E-state index in [1.165, 1.54) is 18.2 Å². The molecule has 0 unspecified atom stereocenters. The summed E-state index contributed by atoms with van der Waals surface area (Å²) in [5.41, 5.74) is 1.37. The topological polar surface area (TPSA) is 114 Å². The number of aromatic nitrogens is 1. The Labute approximate surface area is 150 Å². The van der Waals surface area contributed by atoms with Crippen LogP contribution in [-0.4, -0.2) is 37.6 Å². The van der Waals surface area contributed by atoms with E-state index in [1.54, 1.807) is 18.3 Å². The van der Waals surface area contributed by atoms with E-state index >= 15 is 0 Å². The second kappa shape index (κ2) is 7.12. The number of sulfone groups is 1. The van der Waals surface area contributed by atoms with Gasteiger partial charge in [-0.05, 0) is 30.7 Å². The van der Waals surface area contributed by atoms with Crippen molar-refractivity contribution in [3.63, 3.8) is 0 Å². The lowest BCUT2D eigenvalue weighted by molar-refractivity contribution is -0.118. The standard InChI is InChI=1S/C17H17N3O5S/c1-11-2-5-15(18-9-11)20-16(21)6-7-26(23,24)12-3-4-13-14(8-12)25-10-17(22)19-13/h2-5,8-9H,6-7,10H2,1H3,(H,19,22)(H,18,20,21). The lowest BCUT2D eigenvalue weighted by atomic mass is 10.2. The average Bonchev–Trinajstić information content (AvgIpc) is 2.61. The number of pyridine rings is 1. The highest BCUT2D eigenvalue weighted by molar-refractivity contribution is 7.91. The average molecular weight is 375 g/mol. The summed E-state index contributed by atoms with van der Waals surface area (Å²) in [5.74, 6) is -0.425. The summed E-state index contributed by atoms with van der Waals surface area (Å²) >= 11 is 0. The van der Waals surface area contributed by atoms with Crippen molar-refractivity contribution in [1.29, 1.82) is 0 Å². The molecule has 2 amide bonds. The van der Waals surface area contributed by atoms with Crippen LogP contribution in [-0.2, 0) is 19.4 Å². The number of fused-ring (bicyclic) bond motifs is 1. The van der Waals surface area contributed by atoms with Gasteiger partial charge in [-0.3, -0.25) is 9.59 Å². The van der Waals surface area contributed by atoms with Crippen LogP contribution in [0.15, 0.2) is 41.4 Å². The molecule has 1 aromatic carbocycles. The lowest BCUT2D eigenvalue weighted by Crippen LogP contribution is -2.25. The summed E-state index contributed by atoms with van der Waals surface area (Å²) in [6.45, 7) is 1.71. The molecule has 0 fully saturated rings.